The molecule has 2 aliphatic heterocycles. The summed E-state index contributed by atoms with van der Waals surface area (Å²) in [6, 6.07) is 15.2. The largest absolute Gasteiger partial charge is 0.366 e. The smallest absolute Gasteiger partial charge is 0.266 e. The average molecular weight is 575 g/mol. The molecule has 5 rings (SSSR count). The Balaban J connectivity index is 1.34. The zero-order chi connectivity index (χ0) is 25.4. The lowest BCUT2D eigenvalue weighted by Crippen LogP contribution is -2.52. The highest BCUT2D eigenvalue weighted by Gasteiger charge is 2.40. The van der Waals surface area contributed by atoms with Gasteiger partial charge in [-0.05, 0) is 42.5 Å². The van der Waals surface area contributed by atoms with Crippen LogP contribution in [-0.4, -0.2) is 73.3 Å². The number of nitrogens with zero attached hydrogens (tertiary/aromatic N) is 2. The van der Waals surface area contributed by atoms with Gasteiger partial charge in [-0.3, -0.25) is 9.59 Å². The Morgan fingerprint density at radius 3 is 2.64 bits per heavy atom. The number of aromatic nitrogens is 1. The summed E-state index contributed by atoms with van der Waals surface area (Å²) < 4.78 is 35.1. The van der Waals surface area contributed by atoms with Gasteiger partial charge in [-0.1, -0.05) is 46.3 Å². The van der Waals surface area contributed by atoms with Gasteiger partial charge in [0.25, 0.3) is 11.8 Å². The number of nitrogens with two attached hydrogens (primary N) is 1. The second-order valence-electron chi connectivity index (χ2n) is 9.23. The highest BCUT2D eigenvalue weighted by molar-refractivity contribution is 9.10. The fourth-order valence-corrected chi connectivity index (χ4v) is 7.18. The molecular formula is C25H27BrN4O5S. The molecule has 2 atom stereocenters. The van der Waals surface area contributed by atoms with Crippen LogP contribution in [0.5, 0.6) is 0 Å². The Bertz CT molecular complexity index is 1410. The molecule has 2 aliphatic rings. The molecule has 0 spiro atoms. The number of morpholine rings is 1. The summed E-state index contributed by atoms with van der Waals surface area (Å²) >= 11 is 3.36. The van der Waals surface area contributed by atoms with Gasteiger partial charge in [0.2, 0.25) is 10.0 Å². The molecule has 3 N–H and O–H groups in total. The molecule has 2 fully saturated rings. The second kappa shape index (κ2) is 9.97. The Kier molecular flexibility index (Phi) is 6.90. The standard InChI is InChI=1S/C25H27BrN4O5S/c26-18-6-7-20-19(13-18)23(22(28-20)24(27)31)36(33,34)30-10-11-35-21(15-30)25(32)29-9-8-17(14-29)12-16-4-2-1-3-5-16/h1-7,13,17,21,28H,8-12,14-15H2,(H2,27,31). The van der Waals surface area contributed by atoms with Crippen molar-refractivity contribution in [2.45, 2.75) is 23.8 Å². The summed E-state index contributed by atoms with van der Waals surface area (Å²) in [6.45, 7) is 1.25. The van der Waals surface area contributed by atoms with Crippen molar-refractivity contribution < 1.29 is 22.7 Å². The van der Waals surface area contributed by atoms with Crippen LogP contribution in [-0.2, 0) is 26.0 Å². The number of amides is 2. The maximum absolute atomic E-state index is 13.7. The predicted octanol–water partition coefficient (Wildman–Crippen LogP) is 2.51. The molecule has 3 heterocycles. The third-order valence-corrected chi connectivity index (χ3v) is 9.27. The molecular weight excluding hydrogens is 548 g/mol. The van der Waals surface area contributed by atoms with E-state index in [1.54, 1.807) is 23.1 Å². The van der Waals surface area contributed by atoms with Crippen LogP contribution in [0.25, 0.3) is 10.9 Å². The van der Waals surface area contributed by atoms with Crippen molar-refractivity contribution in [1.29, 1.82) is 0 Å². The van der Waals surface area contributed by atoms with Gasteiger partial charge in [0.05, 0.1) is 6.61 Å². The minimum absolute atomic E-state index is 0.0711. The van der Waals surface area contributed by atoms with E-state index in [4.69, 9.17) is 10.5 Å². The monoisotopic (exact) mass is 574 g/mol. The van der Waals surface area contributed by atoms with Crippen LogP contribution >= 0.6 is 15.9 Å². The Morgan fingerprint density at radius 1 is 1.11 bits per heavy atom. The molecule has 0 radical (unpaired) electrons. The van der Waals surface area contributed by atoms with Gasteiger partial charge in [-0.15, -0.1) is 0 Å². The molecule has 2 unspecified atom stereocenters. The topological polar surface area (TPSA) is 126 Å². The van der Waals surface area contributed by atoms with E-state index in [0.717, 1.165) is 12.8 Å². The number of fused-ring (bicyclic) bond motifs is 1. The van der Waals surface area contributed by atoms with Crippen molar-refractivity contribution in [3.63, 3.8) is 0 Å². The number of rotatable bonds is 6. The van der Waals surface area contributed by atoms with Crippen LogP contribution in [0, 0.1) is 5.92 Å². The molecule has 11 heteroatoms. The molecule has 0 bridgehead atoms. The first-order valence-corrected chi connectivity index (χ1v) is 14.0. The van der Waals surface area contributed by atoms with Crippen molar-refractivity contribution >= 4 is 48.7 Å². The quantitative estimate of drug-likeness (QED) is 0.468. The normalized spacial score (nSPS) is 21.2. The molecule has 2 amide bonds. The molecule has 36 heavy (non-hydrogen) atoms. The number of carbonyl (C=O) groups excluding carboxylic acids is 2. The molecule has 0 aliphatic carbocycles. The highest BCUT2D eigenvalue weighted by Crippen LogP contribution is 2.32. The Hall–Kier alpha value is -2.73. The highest BCUT2D eigenvalue weighted by atomic mass is 79.9. The third kappa shape index (κ3) is 4.80. The number of halogens is 1. The molecule has 0 saturated carbocycles. The summed E-state index contributed by atoms with van der Waals surface area (Å²) in [6.07, 6.45) is 0.877. The van der Waals surface area contributed by atoms with Crippen LogP contribution in [0.1, 0.15) is 22.5 Å². The van der Waals surface area contributed by atoms with E-state index in [1.165, 1.54) is 9.87 Å². The van der Waals surface area contributed by atoms with Crippen molar-refractivity contribution in [3.8, 4) is 0 Å². The minimum atomic E-state index is -4.15. The van der Waals surface area contributed by atoms with Crippen LogP contribution in [0.2, 0.25) is 0 Å². The molecule has 3 aromatic rings. The maximum Gasteiger partial charge on any atom is 0.266 e. The van der Waals surface area contributed by atoms with Gasteiger partial charge >= 0.3 is 0 Å². The molecule has 190 valence electrons. The predicted molar refractivity (Wildman–Crippen MR) is 138 cm³/mol. The van der Waals surface area contributed by atoms with Crippen LogP contribution in [0.3, 0.4) is 0 Å². The first-order valence-electron chi connectivity index (χ1n) is 11.8. The fourth-order valence-electron chi connectivity index (χ4n) is 5.05. The van der Waals surface area contributed by atoms with Gasteiger partial charge < -0.3 is 20.4 Å². The number of nitrogens with one attached hydrogen (secondary N) is 1. The molecule has 2 saturated heterocycles. The number of carbonyl (C=O) groups is 2. The molecule has 2 aromatic carbocycles. The lowest BCUT2D eigenvalue weighted by molar-refractivity contribution is -0.146. The van der Waals surface area contributed by atoms with Crippen molar-refractivity contribution in [2.24, 2.45) is 11.7 Å². The number of ether oxygens (including phenoxy) is 1. The number of aromatic amines is 1. The number of likely N-dealkylation sites (tertiary alicyclic amines) is 1. The summed E-state index contributed by atoms with van der Waals surface area (Å²) in [7, 11) is -4.15. The second-order valence-corrected chi connectivity index (χ2v) is 12.0. The number of hydrogen-bond acceptors (Lipinski definition) is 5. The minimum Gasteiger partial charge on any atom is -0.366 e. The molecule has 9 nitrogen and oxygen atoms in total. The summed E-state index contributed by atoms with van der Waals surface area (Å²) in [5.41, 5.74) is 7.05. The SMILES string of the molecule is NC(=O)c1[nH]c2ccc(Br)cc2c1S(=O)(=O)N1CCOC(C(=O)N2CCC(Cc3ccccc3)C2)C1. The Morgan fingerprint density at radius 2 is 1.89 bits per heavy atom. The Labute approximate surface area is 217 Å². The van der Waals surface area contributed by atoms with Crippen LogP contribution in [0.15, 0.2) is 57.9 Å². The number of primary amides is 1. The maximum atomic E-state index is 13.7. The van der Waals surface area contributed by atoms with E-state index in [-0.39, 0.29) is 36.2 Å². The van der Waals surface area contributed by atoms with Gasteiger partial charge in [-0.25, -0.2) is 8.42 Å². The van der Waals surface area contributed by atoms with Crippen LogP contribution in [0.4, 0.5) is 0 Å². The van der Waals surface area contributed by atoms with E-state index < -0.39 is 22.0 Å². The first kappa shape index (κ1) is 24.9. The van der Waals surface area contributed by atoms with E-state index in [2.05, 4.69) is 33.0 Å². The average Bonchev–Trinajstić information content (AvgIpc) is 3.49. The van der Waals surface area contributed by atoms with E-state index in [9.17, 15) is 18.0 Å². The number of hydrogen-bond donors (Lipinski definition) is 2. The van der Waals surface area contributed by atoms with Gasteiger partial charge in [0.1, 0.15) is 16.7 Å². The van der Waals surface area contributed by atoms with Crippen molar-refractivity contribution in [3.05, 3.63) is 64.3 Å². The van der Waals surface area contributed by atoms with Crippen molar-refractivity contribution in [1.82, 2.24) is 14.2 Å². The fraction of sp³-hybridized carbons (Fsp3) is 0.360. The third-order valence-electron chi connectivity index (χ3n) is 6.83. The van der Waals surface area contributed by atoms with Gasteiger partial charge in [0.15, 0.2) is 0 Å². The lowest BCUT2D eigenvalue weighted by atomic mass is 9.99. The zero-order valence-corrected chi connectivity index (χ0v) is 21.9. The summed E-state index contributed by atoms with van der Waals surface area (Å²) in [5.74, 6) is -0.729. The zero-order valence-electron chi connectivity index (χ0n) is 19.5. The first-order chi connectivity index (χ1) is 17.2. The van der Waals surface area contributed by atoms with Gasteiger partial charge in [-0.2, -0.15) is 4.31 Å². The van der Waals surface area contributed by atoms with E-state index >= 15 is 0 Å². The van der Waals surface area contributed by atoms with E-state index in [0.29, 0.717) is 34.4 Å². The van der Waals surface area contributed by atoms with Crippen LogP contribution < -0.4 is 5.73 Å². The van der Waals surface area contributed by atoms with Crippen molar-refractivity contribution in [2.75, 3.05) is 32.8 Å². The number of H-pyrrole nitrogens is 1. The lowest BCUT2D eigenvalue weighted by Gasteiger charge is -2.33. The van der Waals surface area contributed by atoms with Gasteiger partial charge in [0, 0.05) is 41.6 Å². The van der Waals surface area contributed by atoms with E-state index in [1.807, 2.05) is 18.2 Å². The summed E-state index contributed by atoms with van der Waals surface area (Å²) in [5, 5.41) is 0.357. The molecule has 1 aromatic heterocycles. The number of benzene rings is 2. The summed E-state index contributed by atoms with van der Waals surface area (Å²) in [4.78, 5) is 29.8. The number of sulfonamides is 1.